The van der Waals surface area contributed by atoms with Crippen molar-refractivity contribution in [2.75, 3.05) is 6.54 Å². The highest BCUT2D eigenvalue weighted by Gasteiger charge is 2.17. The van der Waals surface area contributed by atoms with Crippen molar-refractivity contribution in [1.29, 1.82) is 0 Å². The molecule has 0 spiro atoms. The number of amides is 1. The third kappa shape index (κ3) is 5.62. The Balaban J connectivity index is 2.47. The molecule has 1 amide bonds. The molecule has 1 rings (SSSR count). The van der Waals surface area contributed by atoms with Gasteiger partial charge in [-0.1, -0.05) is 37.1 Å². The lowest BCUT2D eigenvalue weighted by Crippen LogP contribution is -2.40. The van der Waals surface area contributed by atoms with Gasteiger partial charge in [-0.2, -0.15) is 0 Å². The lowest BCUT2D eigenvalue weighted by molar-refractivity contribution is -0.125. The molecular weight excluding hydrogens is 260 g/mol. The van der Waals surface area contributed by atoms with E-state index in [0.717, 1.165) is 29.8 Å². The van der Waals surface area contributed by atoms with Crippen molar-refractivity contribution >= 4 is 17.5 Å². The summed E-state index contributed by atoms with van der Waals surface area (Å²) in [6.45, 7) is 4.48. The Morgan fingerprint density at radius 3 is 2.53 bits per heavy atom. The lowest BCUT2D eigenvalue weighted by atomic mass is 10.0. The molecule has 19 heavy (non-hydrogen) atoms. The first kappa shape index (κ1) is 16.0. The second-order valence-corrected chi connectivity index (χ2v) is 5.40. The predicted octanol–water partition coefficient (Wildman–Crippen LogP) is 2.76. The molecule has 0 aromatic heterocycles. The molecule has 0 radical (unpaired) electrons. The first-order valence-electron chi connectivity index (χ1n) is 6.81. The summed E-state index contributed by atoms with van der Waals surface area (Å²) >= 11 is 5.84. The first-order chi connectivity index (χ1) is 9.06. The highest BCUT2D eigenvalue weighted by molar-refractivity contribution is 6.30. The van der Waals surface area contributed by atoms with Gasteiger partial charge in [-0.3, -0.25) is 4.79 Å². The van der Waals surface area contributed by atoms with Gasteiger partial charge >= 0.3 is 0 Å². The van der Waals surface area contributed by atoms with Gasteiger partial charge in [0.05, 0.1) is 5.92 Å². The van der Waals surface area contributed by atoms with Gasteiger partial charge in [-0.15, -0.1) is 0 Å². The normalized spacial score (nSPS) is 13.9. The van der Waals surface area contributed by atoms with E-state index in [9.17, 15) is 4.79 Å². The maximum Gasteiger partial charge on any atom is 0.224 e. The minimum absolute atomic E-state index is 0.0609. The Labute approximate surface area is 120 Å². The van der Waals surface area contributed by atoms with E-state index < -0.39 is 0 Å². The van der Waals surface area contributed by atoms with Gasteiger partial charge in [0.1, 0.15) is 0 Å². The van der Waals surface area contributed by atoms with Gasteiger partial charge < -0.3 is 11.1 Å². The molecule has 0 aliphatic heterocycles. The van der Waals surface area contributed by atoms with E-state index in [1.807, 2.05) is 31.2 Å². The lowest BCUT2D eigenvalue weighted by Gasteiger charge is -2.19. The third-order valence-electron chi connectivity index (χ3n) is 3.14. The summed E-state index contributed by atoms with van der Waals surface area (Å²) < 4.78 is 0. The second kappa shape index (κ2) is 8.18. The van der Waals surface area contributed by atoms with Gasteiger partial charge in [0.25, 0.3) is 0 Å². The molecule has 0 aliphatic rings. The Kier molecular flexibility index (Phi) is 6.89. The molecule has 0 fully saturated rings. The number of rotatable bonds is 7. The van der Waals surface area contributed by atoms with Crippen molar-refractivity contribution < 1.29 is 4.79 Å². The molecule has 3 N–H and O–H groups in total. The average Bonchev–Trinajstić information content (AvgIpc) is 2.38. The van der Waals surface area contributed by atoms with Gasteiger partial charge in [0, 0.05) is 17.6 Å². The maximum atomic E-state index is 12.0. The van der Waals surface area contributed by atoms with Crippen LogP contribution < -0.4 is 11.1 Å². The van der Waals surface area contributed by atoms with Crippen molar-refractivity contribution in [3.05, 3.63) is 34.9 Å². The van der Waals surface area contributed by atoms with Crippen molar-refractivity contribution in [3.63, 3.8) is 0 Å². The molecule has 0 saturated heterocycles. The van der Waals surface area contributed by atoms with Gasteiger partial charge in [-0.25, -0.2) is 0 Å². The number of benzene rings is 1. The molecule has 1 aromatic carbocycles. The molecule has 0 saturated carbocycles. The van der Waals surface area contributed by atoms with Crippen LogP contribution in [0.5, 0.6) is 0 Å². The third-order valence-corrected chi connectivity index (χ3v) is 3.39. The summed E-state index contributed by atoms with van der Waals surface area (Å²) in [5.74, 6) is -0.0107. The van der Waals surface area contributed by atoms with E-state index in [1.165, 1.54) is 0 Å². The molecule has 0 aliphatic carbocycles. The molecule has 1 aromatic rings. The minimum Gasteiger partial charge on any atom is -0.353 e. The summed E-state index contributed by atoms with van der Waals surface area (Å²) in [7, 11) is 0. The highest BCUT2D eigenvalue weighted by atomic mass is 35.5. The SMILES string of the molecule is CCCC(CN)C(=O)NC(C)Cc1ccc(Cl)cc1. The van der Waals surface area contributed by atoms with Crippen LogP contribution in [0.4, 0.5) is 0 Å². The molecule has 0 heterocycles. The highest BCUT2D eigenvalue weighted by Crippen LogP contribution is 2.11. The van der Waals surface area contributed by atoms with E-state index in [4.69, 9.17) is 17.3 Å². The van der Waals surface area contributed by atoms with Crippen molar-refractivity contribution in [2.45, 2.75) is 39.2 Å². The van der Waals surface area contributed by atoms with E-state index in [-0.39, 0.29) is 17.9 Å². The summed E-state index contributed by atoms with van der Waals surface area (Å²) in [5, 5.41) is 3.76. The smallest absolute Gasteiger partial charge is 0.224 e. The second-order valence-electron chi connectivity index (χ2n) is 4.96. The zero-order chi connectivity index (χ0) is 14.3. The summed E-state index contributed by atoms with van der Waals surface area (Å²) in [4.78, 5) is 12.0. The number of hydrogen-bond donors (Lipinski definition) is 2. The number of hydrogen-bond acceptors (Lipinski definition) is 2. The standard InChI is InChI=1S/C15H23ClN2O/c1-3-4-13(10-17)15(19)18-11(2)9-12-5-7-14(16)8-6-12/h5-8,11,13H,3-4,9-10,17H2,1-2H3,(H,18,19). The summed E-state index contributed by atoms with van der Waals surface area (Å²) in [5.41, 5.74) is 6.79. The van der Waals surface area contributed by atoms with Crippen LogP contribution in [0.25, 0.3) is 0 Å². The predicted molar refractivity (Wildman–Crippen MR) is 80.2 cm³/mol. The largest absolute Gasteiger partial charge is 0.353 e. The monoisotopic (exact) mass is 282 g/mol. The Morgan fingerprint density at radius 1 is 1.37 bits per heavy atom. The molecular formula is C15H23ClN2O. The number of nitrogens with one attached hydrogen (secondary N) is 1. The topological polar surface area (TPSA) is 55.1 Å². The van der Waals surface area contributed by atoms with Crippen LogP contribution in [0.2, 0.25) is 5.02 Å². The van der Waals surface area contributed by atoms with Gasteiger partial charge in [0.2, 0.25) is 5.91 Å². The fraction of sp³-hybridized carbons (Fsp3) is 0.533. The van der Waals surface area contributed by atoms with Crippen LogP contribution in [0.3, 0.4) is 0 Å². The number of carbonyl (C=O) groups excluding carboxylic acids is 1. The number of halogens is 1. The van der Waals surface area contributed by atoms with Crippen molar-refractivity contribution in [2.24, 2.45) is 11.7 Å². The van der Waals surface area contributed by atoms with Crippen LogP contribution >= 0.6 is 11.6 Å². The molecule has 106 valence electrons. The molecule has 2 unspecified atom stereocenters. The van der Waals surface area contributed by atoms with Crippen LogP contribution in [0.1, 0.15) is 32.3 Å². The van der Waals surface area contributed by atoms with Crippen LogP contribution in [-0.2, 0) is 11.2 Å². The Hall–Kier alpha value is -1.06. The summed E-state index contributed by atoms with van der Waals surface area (Å²) in [6, 6.07) is 7.80. The average molecular weight is 283 g/mol. The number of nitrogens with two attached hydrogens (primary N) is 1. The van der Waals surface area contributed by atoms with Crippen molar-refractivity contribution in [1.82, 2.24) is 5.32 Å². The van der Waals surface area contributed by atoms with E-state index >= 15 is 0 Å². The fourth-order valence-electron chi connectivity index (χ4n) is 2.09. The molecule has 3 nitrogen and oxygen atoms in total. The van der Waals surface area contributed by atoms with Crippen LogP contribution in [0.15, 0.2) is 24.3 Å². The zero-order valence-electron chi connectivity index (χ0n) is 11.7. The fourth-order valence-corrected chi connectivity index (χ4v) is 2.22. The Morgan fingerprint density at radius 2 is 2.00 bits per heavy atom. The zero-order valence-corrected chi connectivity index (χ0v) is 12.4. The number of carbonyl (C=O) groups is 1. The van der Waals surface area contributed by atoms with Gasteiger partial charge in [-0.05, 0) is 37.5 Å². The van der Waals surface area contributed by atoms with E-state index in [0.29, 0.717) is 6.54 Å². The Bertz CT molecular complexity index is 392. The van der Waals surface area contributed by atoms with E-state index in [1.54, 1.807) is 0 Å². The quantitative estimate of drug-likeness (QED) is 0.808. The molecule has 2 atom stereocenters. The molecule has 0 bridgehead atoms. The van der Waals surface area contributed by atoms with Crippen LogP contribution in [0, 0.1) is 5.92 Å². The van der Waals surface area contributed by atoms with Crippen LogP contribution in [-0.4, -0.2) is 18.5 Å². The first-order valence-corrected chi connectivity index (χ1v) is 7.19. The summed E-state index contributed by atoms with van der Waals surface area (Å²) in [6.07, 6.45) is 2.61. The molecule has 4 heteroatoms. The minimum atomic E-state index is -0.0716. The van der Waals surface area contributed by atoms with Gasteiger partial charge in [0.15, 0.2) is 0 Å². The maximum absolute atomic E-state index is 12.0. The van der Waals surface area contributed by atoms with Crippen molar-refractivity contribution in [3.8, 4) is 0 Å². The van der Waals surface area contributed by atoms with E-state index in [2.05, 4.69) is 12.2 Å².